The van der Waals surface area contributed by atoms with E-state index < -0.39 is 5.97 Å². The first kappa shape index (κ1) is 20.9. The van der Waals surface area contributed by atoms with Gasteiger partial charge < -0.3 is 10.1 Å². The number of hydrogen-bond donors (Lipinski definition) is 1. The molecule has 0 unspecified atom stereocenters. The van der Waals surface area contributed by atoms with E-state index in [1.807, 2.05) is 45.9 Å². The van der Waals surface area contributed by atoms with E-state index in [9.17, 15) is 9.59 Å². The average molecular weight is 391 g/mol. The van der Waals surface area contributed by atoms with Gasteiger partial charge in [0.1, 0.15) is 0 Å². The van der Waals surface area contributed by atoms with Gasteiger partial charge in [-0.15, -0.1) is 5.10 Å². The third kappa shape index (κ3) is 6.06. The van der Waals surface area contributed by atoms with Gasteiger partial charge in [0.2, 0.25) is 5.16 Å². The molecule has 1 N–H and O–H groups in total. The summed E-state index contributed by atoms with van der Waals surface area (Å²) in [6, 6.07) is 6.09. The summed E-state index contributed by atoms with van der Waals surface area (Å²) in [5.41, 5.74) is 2.97. The van der Waals surface area contributed by atoms with Crippen molar-refractivity contribution in [2.24, 2.45) is 0 Å². The van der Waals surface area contributed by atoms with Crippen LogP contribution in [0.1, 0.15) is 37.8 Å². The third-order valence-corrected chi connectivity index (χ3v) is 4.96. The number of aryl methyl sites for hydroxylation is 2. The molecule has 0 aliphatic rings. The maximum absolute atomic E-state index is 11.9. The minimum absolute atomic E-state index is 0.0174. The van der Waals surface area contributed by atoms with Gasteiger partial charge in [-0.2, -0.15) is 4.68 Å². The van der Waals surface area contributed by atoms with Gasteiger partial charge >= 0.3 is 5.97 Å². The van der Waals surface area contributed by atoms with E-state index in [0.29, 0.717) is 5.16 Å². The molecule has 2 rings (SSSR count). The van der Waals surface area contributed by atoms with E-state index in [2.05, 4.69) is 20.8 Å². The molecule has 0 radical (unpaired) electrons. The lowest BCUT2D eigenvalue weighted by atomic mass is 10.1. The zero-order valence-corrected chi connectivity index (χ0v) is 16.9. The Bertz CT molecular complexity index is 789. The molecule has 0 aliphatic carbocycles. The Kier molecular flexibility index (Phi) is 7.78. The molecule has 146 valence electrons. The first-order valence-corrected chi connectivity index (χ1v) is 9.86. The highest BCUT2D eigenvalue weighted by Gasteiger charge is 2.15. The van der Waals surface area contributed by atoms with Crippen LogP contribution in [0.5, 0.6) is 0 Å². The molecule has 0 bridgehead atoms. The number of nitrogens with one attached hydrogen (secondary N) is 1. The standard InChI is InChI=1S/C18H25N5O3S/c1-5-14(6-2)19-16(24)10-26-17(25)11-27-18-20-21-22-23(18)15-9-12(3)7-8-13(15)4/h7-9,14H,5-6,10-11H2,1-4H3,(H,19,24). The molecule has 0 atom stereocenters. The van der Waals surface area contributed by atoms with Crippen LogP contribution in [-0.4, -0.2) is 50.5 Å². The quantitative estimate of drug-likeness (QED) is 0.517. The second-order valence-electron chi connectivity index (χ2n) is 6.19. The van der Waals surface area contributed by atoms with Crippen LogP contribution < -0.4 is 5.32 Å². The molecule has 9 heteroatoms. The summed E-state index contributed by atoms with van der Waals surface area (Å²) in [5.74, 6) is -0.763. The lowest BCUT2D eigenvalue weighted by Crippen LogP contribution is -2.37. The van der Waals surface area contributed by atoms with Crippen LogP contribution in [-0.2, 0) is 14.3 Å². The smallest absolute Gasteiger partial charge is 0.316 e. The fourth-order valence-electron chi connectivity index (χ4n) is 2.44. The second kappa shape index (κ2) is 10.1. The van der Waals surface area contributed by atoms with Crippen molar-refractivity contribution in [3.05, 3.63) is 29.3 Å². The van der Waals surface area contributed by atoms with Gasteiger partial charge in [0, 0.05) is 6.04 Å². The molecule has 2 aromatic rings. The summed E-state index contributed by atoms with van der Waals surface area (Å²) in [5, 5.41) is 15.0. The molecule has 8 nitrogen and oxygen atoms in total. The Labute approximate surface area is 163 Å². The number of ether oxygens (including phenoxy) is 1. The van der Waals surface area contributed by atoms with E-state index in [1.54, 1.807) is 4.68 Å². The summed E-state index contributed by atoms with van der Waals surface area (Å²) < 4.78 is 6.63. The molecule has 27 heavy (non-hydrogen) atoms. The number of amides is 1. The molecule has 1 amide bonds. The Balaban J connectivity index is 1.89. The highest BCUT2D eigenvalue weighted by atomic mass is 32.2. The number of nitrogens with zero attached hydrogens (tertiary/aromatic N) is 4. The molecular weight excluding hydrogens is 366 g/mol. The number of tetrazole rings is 1. The molecule has 0 saturated heterocycles. The fraction of sp³-hybridized carbons (Fsp3) is 0.500. The van der Waals surface area contributed by atoms with Crippen LogP contribution in [0.3, 0.4) is 0 Å². The van der Waals surface area contributed by atoms with E-state index in [-0.39, 0.29) is 24.3 Å². The zero-order valence-electron chi connectivity index (χ0n) is 16.1. The Hall–Kier alpha value is -2.42. The van der Waals surface area contributed by atoms with Gasteiger partial charge in [-0.3, -0.25) is 9.59 Å². The predicted octanol–water partition coefficient (Wildman–Crippen LogP) is 2.22. The van der Waals surface area contributed by atoms with Crippen LogP contribution in [0, 0.1) is 13.8 Å². The summed E-state index contributed by atoms with van der Waals surface area (Å²) in [6.07, 6.45) is 1.68. The van der Waals surface area contributed by atoms with Gasteiger partial charge in [-0.05, 0) is 54.3 Å². The van der Waals surface area contributed by atoms with Crippen LogP contribution in [0.15, 0.2) is 23.4 Å². The SMILES string of the molecule is CCC(CC)NC(=O)COC(=O)CSc1nnnn1-c1cc(C)ccc1C. The van der Waals surface area contributed by atoms with Gasteiger partial charge in [0.15, 0.2) is 6.61 Å². The van der Waals surface area contributed by atoms with Crippen molar-refractivity contribution < 1.29 is 14.3 Å². The normalized spacial score (nSPS) is 10.9. The van der Waals surface area contributed by atoms with Crippen molar-refractivity contribution in [3.8, 4) is 5.69 Å². The lowest BCUT2D eigenvalue weighted by molar-refractivity contribution is -0.146. The number of aromatic nitrogens is 4. The third-order valence-electron chi connectivity index (χ3n) is 4.07. The van der Waals surface area contributed by atoms with E-state index in [1.165, 1.54) is 11.8 Å². The minimum atomic E-state index is -0.491. The molecule has 0 fully saturated rings. The van der Waals surface area contributed by atoms with Crippen LogP contribution in [0.2, 0.25) is 0 Å². The molecular formula is C18H25N5O3S. The highest BCUT2D eigenvalue weighted by molar-refractivity contribution is 7.99. The van der Waals surface area contributed by atoms with Crippen LogP contribution >= 0.6 is 11.8 Å². The van der Waals surface area contributed by atoms with Gasteiger partial charge in [0.05, 0.1) is 11.4 Å². The second-order valence-corrected chi connectivity index (χ2v) is 7.14. The Morgan fingerprint density at radius 1 is 1.26 bits per heavy atom. The van der Waals surface area contributed by atoms with Gasteiger partial charge in [-0.25, -0.2) is 0 Å². The fourth-order valence-corrected chi connectivity index (χ4v) is 3.12. The number of thioether (sulfide) groups is 1. The first-order valence-electron chi connectivity index (χ1n) is 8.88. The zero-order chi connectivity index (χ0) is 19.8. The molecule has 0 saturated carbocycles. The van der Waals surface area contributed by atoms with E-state index in [4.69, 9.17) is 4.74 Å². The topological polar surface area (TPSA) is 99.0 Å². The lowest BCUT2D eigenvalue weighted by Gasteiger charge is -2.14. The minimum Gasteiger partial charge on any atom is -0.455 e. The van der Waals surface area contributed by atoms with E-state index in [0.717, 1.165) is 29.7 Å². The van der Waals surface area contributed by atoms with Gasteiger partial charge in [0.25, 0.3) is 5.91 Å². The summed E-state index contributed by atoms with van der Waals surface area (Å²) >= 11 is 1.17. The number of carbonyl (C=O) groups is 2. The van der Waals surface area contributed by atoms with E-state index >= 15 is 0 Å². The molecule has 1 aromatic heterocycles. The highest BCUT2D eigenvalue weighted by Crippen LogP contribution is 2.21. The maximum Gasteiger partial charge on any atom is 0.316 e. The molecule has 0 aliphatic heterocycles. The van der Waals surface area contributed by atoms with Crippen molar-refractivity contribution in [2.75, 3.05) is 12.4 Å². The molecule has 1 heterocycles. The van der Waals surface area contributed by atoms with Crippen molar-refractivity contribution in [1.82, 2.24) is 25.5 Å². The maximum atomic E-state index is 11.9. The predicted molar refractivity (Wildman–Crippen MR) is 103 cm³/mol. The average Bonchev–Trinajstić information content (AvgIpc) is 3.13. The molecule has 1 aromatic carbocycles. The van der Waals surface area contributed by atoms with Crippen molar-refractivity contribution in [3.63, 3.8) is 0 Å². The van der Waals surface area contributed by atoms with Crippen LogP contribution in [0.4, 0.5) is 0 Å². The Morgan fingerprint density at radius 2 is 2.00 bits per heavy atom. The summed E-state index contributed by atoms with van der Waals surface area (Å²) in [4.78, 5) is 23.7. The monoisotopic (exact) mass is 391 g/mol. The number of carbonyl (C=O) groups excluding carboxylic acids is 2. The van der Waals surface area contributed by atoms with Gasteiger partial charge in [-0.1, -0.05) is 37.7 Å². The molecule has 0 spiro atoms. The number of hydrogen-bond acceptors (Lipinski definition) is 7. The van der Waals surface area contributed by atoms with Crippen LogP contribution in [0.25, 0.3) is 5.69 Å². The van der Waals surface area contributed by atoms with Crippen molar-refractivity contribution in [1.29, 1.82) is 0 Å². The van der Waals surface area contributed by atoms with Crippen molar-refractivity contribution in [2.45, 2.75) is 51.7 Å². The number of benzene rings is 1. The number of rotatable bonds is 9. The Morgan fingerprint density at radius 3 is 2.70 bits per heavy atom. The number of esters is 1. The van der Waals surface area contributed by atoms with Crippen molar-refractivity contribution >= 4 is 23.6 Å². The first-order chi connectivity index (χ1) is 12.9. The summed E-state index contributed by atoms with van der Waals surface area (Å²) in [7, 11) is 0. The summed E-state index contributed by atoms with van der Waals surface area (Å²) in [6.45, 7) is 7.67. The largest absolute Gasteiger partial charge is 0.455 e.